The highest BCUT2D eigenvalue weighted by atomic mass is 32.2. The number of ether oxygens (including phenoxy) is 3. The third-order valence-corrected chi connectivity index (χ3v) is 6.06. The predicted molar refractivity (Wildman–Crippen MR) is 130 cm³/mol. The van der Waals surface area contributed by atoms with Crippen LogP contribution in [0.2, 0.25) is 0 Å². The molecule has 1 aromatic heterocycles. The van der Waals surface area contributed by atoms with Crippen LogP contribution in [0.15, 0.2) is 47.6 Å². The number of benzene rings is 2. The molecule has 0 radical (unpaired) electrons. The zero-order valence-corrected chi connectivity index (χ0v) is 21.3. The minimum absolute atomic E-state index is 0.0228. The van der Waals surface area contributed by atoms with Crippen LogP contribution in [0, 0.1) is 0 Å². The molecule has 0 saturated heterocycles. The van der Waals surface area contributed by atoms with E-state index >= 15 is 0 Å². The Morgan fingerprint density at radius 3 is 2.42 bits per heavy atom. The molecule has 2 aromatic carbocycles. The molecule has 3 rings (SSSR count). The van der Waals surface area contributed by atoms with Gasteiger partial charge in [-0.1, -0.05) is 17.8 Å². The Morgan fingerprint density at radius 1 is 1.03 bits per heavy atom. The van der Waals surface area contributed by atoms with E-state index in [1.165, 1.54) is 44.6 Å². The molecule has 0 spiro atoms. The summed E-state index contributed by atoms with van der Waals surface area (Å²) < 4.78 is 55.3. The number of hydrogen-bond donors (Lipinski definition) is 1. The summed E-state index contributed by atoms with van der Waals surface area (Å²) in [6, 6.07) is 8.50. The molecule has 1 heterocycles. The van der Waals surface area contributed by atoms with Crippen molar-refractivity contribution in [3.8, 4) is 5.75 Å². The summed E-state index contributed by atoms with van der Waals surface area (Å²) in [7, 11) is 2.39. The first-order valence-corrected chi connectivity index (χ1v) is 12.0. The number of amides is 1. The van der Waals surface area contributed by atoms with E-state index in [0.29, 0.717) is 17.5 Å². The van der Waals surface area contributed by atoms with Crippen LogP contribution in [0.25, 0.3) is 0 Å². The van der Waals surface area contributed by atoms with Gasteiger partial charge in [-0.15, -0.1) is 10.2 Å². The van der Waals surface area contributed by atoms with Crippen LogP contribution in [0.4, 0.5) is 18.9 Å². The number of nitrogens with one attached hydrogen (secondary N) is 1. The van der Waals surface area contributed by atoms with Gasteiger partial charge < -0.3 is 24.1 Å². The van der Waals surface area contributed by atoms with Crippen molar-refractivity contribution in [2.75, 3.05) is 25.3 Å². The fourth-order valence-electron chi connectivity index (χ4n) is 3.26. The van der Waals surface area contributed by atoms with Crippen LogP contribution in [0.1, 0.15) is 39.0 Å². The Morgan fingerprint density at radius 2 is 1.76 bits per heavy atom. The average molecular weight is 553 g/mol. The van der Waals surface area contributed by atoms with E-state index in [4.69, 9.17) is 9.47 Å². The first kappa shape index (κ1) is 28.5. The van der Waals surface area contributed by atoms with Crippen LogP contribution in [0.3, 0.4) is 0 Å². The average Bonchev–Trinajstić information content (AvgIpc) is 3.31. The number of halogens is 3. The lowest BCUT2D eigenvalue weighted by molar-refractivity contribution is -0.137. The molecule has 202 valence electrons. The Bertz CT molecular complexity index is 1330. The highest BCUT2D eigenvalue weighted by molar-refractivity contribution is 7.99. The van der Waals surface area contributed by atoms with Crippen molar-refractivity contribution in [1.29, 1.82) is 0 Å². The minimum Gasteiger partial charge on any atom is -0.486 e. The van der Waals surface area contributed by atoms with Crippen molar-refractivity contribution in [3.63, 3.8) is 0 Å². The number of rotatable bonds is 10. The van der Waals surface area contributed by atoms with Gasteiger partial charge in [0.2, 0.25) is 5.91 Å². The fourth-order valence-corrected chi connectivity index (χ4v) is 4.08. The summed E-state index contributed by atoms with van der Waals surface area (Å²) in [6.45, 7) is 2.08. The Balaban J connectivity index is 1.68. The zero-order chi connectivity index (χ0) is 27.9. The summed E-state index contributed by atoms with van der Waals surface area (Å²) in [4.78, 5) is 36.6. The lowest BCUT2D eigenvalue weighted by Gasteiger charge is -2.12. The van der Waals surface area contributed by atoms with Crippen LogP contribution >= 0.6 is 11.8 Å². The molecule has 38 heavy (non-hydrogen) atoms. The van der Waals surface area contributed by atoms with Gasteiger partial charge in [-0.3, -0.25) is 4.79 Å². The van der Waals surface area contributed by atoms with Gasteiger partial charge in [-0.25, -0.2) is 9.59 Å². The number of thioether (sulfide) groups is 1. The molecule has 0 aliphatic rings. The lowest BCUT2D eigenvalue weighted by atomic mass is 10.1. The van der Waals surface area contributed by atoms with Crippen molar-refractivity contribution in [3.05, 3.63) is 65.0 Å². The monoisotopic (exact) mass is 552 g/mol. The van der Waals surface area contributed by atoms with Gasteiger partial charge in [0.05, 0.1) is 42.4 Å². The number of esters is 2. The maximum atomic E-state index is 12.9. The number of anilines is 1. The van der Waals surface area contributed by atoms with E-state index in [2.05, 4.69) is 20.3 Å². The summed E-state index contributed by atoms with van der Waals surface area (Å²) in [5.41, 5.74) is -0.595. The van der Waals surface area contributed by atoms with E-state index in [1.54, 1.807) is 4.57 Å². The number of aromatic nitrogens is 3. The molecule has 0 fully saturated rings. The molecule has 0 atom stereocenters. The number of carbonyl (C=O) groups is 3. The summed E-state index contributed by atoms with van der Waals surface area (Å²) in [6.07, 6.45) is -4.49. The maximum absolute atomic E-state index is 12.9. The largest absolute Gasteiger partial charge is 0.486 e. The van der Waals surface area contributed by atoms with E-state index in [-0.39, 0.29) is 34.9 Å². The van der Waals surface area contributed by atoms with E-state index in [9.17, 15) is 27.6 Å². The van der Waals surface area contributed by atoms with Crippen molar-refractivity contribution in [1.82, 2.24) is 14.8 Å². The second kappa shape index (κ2) is 12.4. The number of nitrogens with zero attached hydrogens (tertiary/aromatic N) is 3. The molecule has 0 unspecified atom stereocenters. The molecular formula is C24H23F3N4O6S. The Hall–Kier alpha value is -4.07. The molecule has 0 saturated carbocycles. The van der Waals surface area contributed by atoms with E-state index < -0.39 is 29.6 Å². The Labute approximate surface area is 219 Å². The van der Waals surface area contributed by atoms with Gasteiger partial charge in [0.15, 0.2) is 11.0 Å². The van der Waals surface area contributed by atoms with Gasteiger partial charge >= 0.3 is 18.1 Å². The number of alkyl halides is 3. The molecule has 0 bridgehead atoms. The van der Waals surface area contributed by atoms with Gasteiger partial charge in [-0.05, 0) is 43.3 Å². The summed E-state index contributed by atoms with van der Waals surface area (Å²) in [5.74, 6) is -1.62. The summed E-state index contributed by atoms with van der Waals surface area (Å²) in [5, 5.41) is 11.0. The molecule has 14 heteroatoms. The van der Waals surface area contributed by atoms with E-state index in [1.807, 2.05) is 6.92 Å². The minimum atomic E-state index is -4.49. The van der Waals surface area contributed by atoms with Crippen molar-refractivity contribution < 1.29 is 41.8 Å². The van der Waals surface area contributed by atoms with Crippen molar-refractivity contribution in [2.24, 2.45) is 0 Å². The smallest absolute Gasteiger partial charge is 0.416 e. The summed E-state index contributed by atoms with van der Waals surface area (Å²) >= 11 is 1.05. The standard InChI is InChI=1S/C24H23F3N4O6S/c1-4-31-19(12-37-16-7-5-6-15(11-16)24(25,26)27)29-30-23(31)38-13-20(32)28-18-10-14(21(33)35-2)8-9-17(18)22(34)36-3/h5-11H,4,12-13H2,1-3H3,(H,28,32). The van der Waals surface area contributed by atoms with Gasteiger partial charge in [0, 0.05) is 6.54 Å². The number of carbonyl (C=O) groups excluding carboxylic acids is 3. The fraction of sp³-hybridized carbons (Fsp3) is 0.292. The molecule has 0 aliphatic carbocycles. The van der Waals surface area contributed by atoms with Crippen LogP contribution in [0.5, 0.6) is 5.75 Å². The number of methoxy groups -OCH3 is 2. The quantitative estimate of drug-likeness (QED) is 0.291. The first-order chi connectivity index (χ1) is 18.1. The van der Waals surface area contributed by atoms with Crippen LogP contribution < -0.4 is 10.1 Å². The highest BCUT2D eigenvalue weighted by Gasteiger charge is 2.30. The molecule has 1 amide bonds. The number of hydrogen-bond acceptors (Lipinski definition) is 9. The van der Waals surface area contributed by atoms with Gasteiger partial charge in [0.25, 0.3) is 0 Å². The third-order valence-electron chi connectivity index (χ3n) is 5.09. The molecule has 10 nitrogen and oxygen atoms in total. The normalized spacial score (nSPS) is 11.1. The zero-order valence-electron chi connectivity index (χ0n) is 20.5. The van der Waals surface area contributed by atoms with Crippen molar-refractivity contribution >= 4 is 35.3 Å². The second-order valence-electron chi connectivity index (χ2n) is 7.54. The molecule has 3 aromatic rings. The van der Waals surface area contributed by atoms with E-state index in [0.717, 1.165) is 23.9 Å². The van der Waals surface area contributed by atoms with Crippen LogP contribution in [-0.4, -0.2) is 52.6 Å². The molecule has 0 aliphatic heterocycles. The lowest BCUT2D eigenvalue weighted by Crippen LogP contribution is -2.18. The predicted octanol–water partition coefficient (Wildman–Crippen LogP) is 4.20. The SMILES string of the molecule is CCn1c(COc2cccc(C(F)(F)F)c2)nnc1SCC(=O)Nc1cc(C(=O)OC)ccc1C(=O)OC. The van der Waals surface area contributed by atoms with Crippen molar-refractivity contribution in [2.45, 2.75) is 31.4 Å². The Kier molecular flexibility index (Phi) is 9.34. The molecular weight excluding hydrogens is 529 g/mol. The second-order valence-corrected chi connectivity index (χ2v) is 8.48. The highest BCUT2D eigenvalue weighted by Crippen LogP contribution is 2.31. The topological polar surface area (TPSA) is 122 Å². The molecule has 1 N–H and O–H groups in total. The van der Waals surface area contributed by atoms with Gasteiger partial charge in [0.1, 0.15) is 12.4 Å². The third kappa shape index (κ3) is 7.03. The maximum Gasteiger partial charge on any atom is 0.416 e. The van der Waals surface area contributed by atoms with Gasteiger partial charge in [-0.2, -0.15) is 13.2 Å². The van der Waals surface area contributed by atoms with Crippen LogP contribution in [-0.2, 0) is 33.6 Å². The first-order valence-electron chi connectivity index (χ1n) is 11.0.